The van der Waals surface area contributed by atoms with E-state index in [1.54, 1.807) is 13.2 Å². The fourth-order valence-electron chi connectivity index (χ4n) is 3.34. The quantitative estimate of drug-likeness (QED) is 0.740. The van der Waals surface area contributed by atoms with Gasteiger partial charge in [-0.1, -0.05) is 39.0 Å². The van der Waals surface area contributed by atoms with Gasteiger partial charge in [0.1, 0.15) is 11.6 Å². The molecular weight excluding hydrogens is 275 g/mol. The van der Waals surface area contributed by atoms with E-state index < -0.39 is 0 Å². The van der Waals surface area contributed by atoms with E-state index >= 15 is 0 Å². The Kier molecular flexibility index (Phi) is 4.60. The molecule has 0 aromatic heterocycles. The lowest BCUT2D eigenvalue weighted by Crippen LogP contribution is -2.22. The third-order valence-corrected chi connectivity index (χ3v) is 4.57. The van der Waals surface area contributed by atoms with E-state index in [1.165, 1.54) is 0 Å². The number of benzene rings is 2. The molecule has 0 aliphatic rings. The van der Waals surface area contributed by atoms with Gasteiger partial charge in [-0.05, 0) is 54.7 Å². The van der Waals surface area contributed by atoms with Crippen LogP contribution in [0, 0.1) is 19.7 Å². The Hall–Kier alpha value is -1.83. The number of rotatable bonds is 4. The lowest BCUT2D eigenvalue weighted by molar-refractivity contribution is 0.400. The lowest BCUT2D eigenvalue weighted by Gasteiger charge is -2.30. The predicted octanol–water partition coefficient (Wildman–Crippen LogP) is 5.34. The zero-order valence-electron chi connectivity index (χ0n) is 14.4. The topological polar surface area (TPSA) is 9.23 Å². The zero-order chi connectivity index (χ0) is 16.5. The van der Waals surface area contributed by atoms with Crippen molar-refractivity contribution in [2.75, 3.05) is 7.11 Å². The van der Waals surface area contributed by atoms with Crippen LogP contribution in [0.2, 0.25) is 0 Å². The predicted molar refractivity (Wildman–Crippen MR) is 90.4 cm³/mol. The first-order valence-electron chi connectivity index (χ1n) is 7.76. The maximum Gasteiger partial charge on any atom is 0.126 e. The molecule has 0 heterocycles. The fraction of sp³-hybridized carbons (Fsp3) is 0.400. The van der Waals surface area contributed by atoms with Crippen molar-refractivity contribution in [3.63, 3.8) is 0 Å². The molecule has 22 heavy (non-hydrogen) atoms. The Balaban J connectivity index is 2.66. The molecule has 0 aliphatic heterocycles. The average Bonchev–Trinajstić information content (AvgIpc) is 2.46. The molecule has 0 radical (unpaired) electrons. The van der Waals surface area contributed by atoms with E-state index in [-0.39, 0.29) is 11.2 Å². The first kappa shape index (κ1) is 16.5. The summed E-state index contributed by atoms with van der Waals surface area (Å²) in [6.07, 6.45) is 0.714. The smallest absolute Gasteiger partial charge is 0.126 e. The molecule has 0 amide bonds. The van der Waals surface area contributed by atoms with E-state index in [2.05, 4.69) is 32.9 Å². The molecule has 0 spiro atoms. The monoisotopic (exact) mass is 300 g/mol. The minimum atomic E-state index is -0.325. The van der Waals surface area contributed by atoms with Crippen molar-refractivity contribution < 1.29 is 9.13 Å². The van der Waals surface area contributed by atoms with Crippen LogP contribution in [0.1, 0.15) is 48.6 Å². The van der Waals surface area contributed by atoms with E-state index in [0.29, 0.717) is 6.42 Å². The van der Waals surface area contributed by atoms with Crippen LogP contribution in [-0.4, -0.2) is 7.11 Å². The summed E-state index contributed by atoms with van der Waals surface area (Å²) >= 11 is 0. The second-order valence-corrected chi connectivity index (χ2v) is 6.38. The molecule has 0 fully saturated rings. The third-order valence-electron chi connectivity index (χ3n) is 4.57. The highest BCUT2D eigenvalue weighted by atomic mass is 19.1. The van der Waals surface area contributed by atoms with Crippen LogP contribution in [0.25, 0.3) is 0 Å². The molecule has 0 saturated carbocycles. The van der Waals surface area contributed by atoms with E-state index in [0.717, 1.165) is 33.6 Å². The van der Waals surface area contributed by atoms with Crippen LogP contribution in [0.15, 0.2) is 30.3 Å². The SMILES string of the molecule is CCc1c(C)cc(C(C)(C)c2c(C)cccc2OC)cc1F. The summed E-state index contributed by atoms with van der Waals surface area (Å²) in [5, 5.41) is 0. The van der Waals surface area contributed by atoms with Crippen LogP contribution in [0.5, 0.6) is 5.75 Å². The summed E-state index contributed by atoms with van der Waals surface area (Å²) in [6, 6.07) is 9.81. The van der Waals surface area contributed by atoms with Gasteiger partial charge in [-0.15, -0.1) is 0 Å². The van der Waals surface area contributed by atoms with Crippen molar-refractivity contribution in [1.82, 2.24) is 0 Å². The van der Waals surface area contributed by atoms with Crippen LogP contribution in [-0.2, 0) is 11.8 Å². The molecule has 2 rings (SSSR count). The van der Waals surface area contributed by atoms with Gasteiger partial charge in [-0.25, -0.2) is 4.39 Å². The largest absolute Gasteiger partial charge is 0.496 e. The second-order valence-electron chi connectivity index (χ2n) is 6.38. The molecule has 0 aliphatic carbocycles. The number of methoxy groups -OCH3 is 1. The molecule has 118 valence electrons. The van der Waals surface area contributed by atoms with Gasteiger partial charge in [0.05, 0.1) is 7.11 Å². The standard InChI is InChI=1S/C20H25FO/c1-7-16-14(3)11-15(12-17(16)21)20(4,5)19-13(2)9-8-10-18(19)22-6/h8-12H,7H2,1-6H3. The van der Waals surface area contributed by atoms with Crippen molar-refractivity contribution in [2.45, 2.75) is 46.5 Å². The number of aryl methyl sites for hydroxylation is 2. The Labute approximate surface area is 133 Å². The molecule has 2 heteroatoms. The molecule has 0 saturated heterocycles. The minimum absolute atomic E-state index is 0.113. The number of hydrogen-bond acceptors (Lipinski definition) is 1. The Morgan fingerprint density at radius 2 is 1.77 bits per heavy atom. The molecule has 2 aromatic rings. The number of ether oxygens (including phenoxy) is 1. The van der Waals surface area contributed by atoms with E-state index in [9.17, 15) is 4.39 Å². The first-order valence-corrected chi connectivity index (χ1v) is 7.76. The summed E-state index contributed by atoms with van der Waals surface area (Å²) in [4.78, 5) is 0. The maximum absolute atomic E-state index is 14.4. The number of halogens is 1. The van der Waals surface area contributed by atoms with E-state index in [4.69, 9.17) is 4.74 Å². The molecule has 0 atom stereocenters. The van der Waals surface area contributed by atoms with Gasteiger partial charge >= 0.3 is 0 Å². The van der Waals surface area contributed by atoms with Crippen molar-refractivity contribution in [2.24, 2.45) is 0 Å². The Morgan fingerprint density at radius 3 is 2.32 bits per heavy atom. The van der Waals surface area contributed by atoms with Crippen LogP contribution in [0.3, 0.4) is 0 Å². The molecular formula is C20H25FO. The van der Waals surface area contributed by atoms with Crippen LogP contribution < -0.4 is 4.74 Å². The normalized spacial score (nSPS) is 11.6. The molecule has 0 N–H and O–H groups in total. The lowest BCUT2D eigenvalue weighted by atomic mass is 9.75. The van der Waals surface area contributed by atoms with Crippen molar-refractivity contribution >= 4 is 0 Å². The molecule has 2 aromatic carbocycles. The van der Waals surface area contributed by atoms with Crippen molar-refractivity contribution in [1.29, 1.82) is 0 Å². The summed E-state index contributed by atoms with van der Waals surface area (Å²) in [7, 11) is 1.68. The highest BCUT2D eigenvalue weighted by Gasteiger charge is 2.29. The van der Waals surface area contributed by atoms with E-state index in [1.807, 2.05) is 26.0 Å². The zero-order valence-corrected chi connectivity index (χ0v) is 14.4. The first-order chi connectivity index (χ1) is 10.3. The minimum Gasteiger partial charge on any atom is -0.496 e. The number of hydrogen-bond donors (Lipinski definition) is 0. The van der Waals surface area contributed by atoms with Crippen molar-refractivity contribution in [3.8, 4) is 5.75 Å². The Morgan fingerprint density at radius 1 is 1.09 bits per heavy atom. The van der Waals surface area contributed by atoms with Gasteiger partial charge in [-0.3, -0.25) is 0 Å². The van der Waals surface area contributed by atoms with Crippen molar-refractivity contribution in [3.05, 3.63) is 64.0 Å². The van der Waals surface area contributed by atoms with Gasteiger partial charge in [0.25, 0.3) is 0 Å². The van der Waals surface area contributed by atoms with Crippen LogP contribution >= 0.6 is 0 Å². The van der Waals surface area contributed by atoms with Gasteiger partial charge < -0.3 is 4.74 Å². The van der Waals surface area contributed by atoms with Gasteiger partial charge in [0.2, 0.25) is 0 Å². The van der Waals surface area contributed by atoms with Gasteiger partial charge in [0.15, 0.2) is 0 Å². The summed E-state index contributed by atoms with van der Waals surface area (Å²) < 4.78 is 20.0. The molecule has 1 nitrogen and oxygen atoms in total. The summed E-state index contributed by atoms with van der Waals surface area (Å²) in [5.41, 5.74) is 4.73. The highest BCUT2D eigenvalue weighted by molar-refractivity contribution is 5.51. The highest BCUT2D eigenvalue weighted by Crippen LogP contribution is 2.40. The van der Waals surface area contributed by atoms with Gasteiger partial charge in [-0.2, -0.15) is 0 Å². The van der Waals surface area contributed by atoms with Gasteiger partial charge in [0, 0.05) is 11.0 Å². The average molecular weight is 300 g/mol. The molecule has 0 bridgehead atoms. The second kappa shape index (κ2) is 6.12. The summed E-state index contributed by atoms with van der Waals surface area (Å²) in [6.45, 7) is 10.3. The molecule has 0 unspecified atom stereocenters. The maximum atomic E-state index is 14.4. The summed E-state index contributed by atoms with van der Waals surface area (Å²) in [5.74, 6) is 0.737. The van der Waals surface area contributed by atoms with Crippen LogP contribution in [0.4, 0.5) is 4.39 Å². The third kappa shape index (κ3) is 2.75. The Bertz CT molecular complexity index is 663. The fourth-order valence-corrected chi connectivity index (χ4v) is 3.34.